The van der Waals surface area contributed by atoms with Gasteiger partial charge in [-0.05, 0) is 64.0 Å². The van der Waals surface area contributed by atoms with E-state index in [1.54, 1.807) is 14.0 Å². The SMILES string of the molecule is CN[C@@H](CCCCNC(=O)COCCOCCNC(=O)CC1CCc2c(sc(NC(=O)C(=O)O)c2C(=O)O)C1)C(C)=O. The highest BCUT2D eigenvalue weighted by molar-refractivity contribution is 7.17. The Labute approximate surface area is 247 Å². The number of carboxylic acid groups (broad SMARTS) is 2. The number of aliphatic carboxylic acids is 1. The summed E-state index contributed by atoms with van der Waals surface area (Å²) in [6.45, 7) is 3.03. The molecule has 3 amide bonds. The Bertz CT molecular complexity index is 1120. The number of hydrogen-bond acceptors (Lipinski definition) is 10. The minimum atomic E-state index is -1.71. The molecule has 1 aliphatic carbocycles. The first-order valence-electron chi connectivity index (χ1n) is 13.8. The molecule has 6 N–H and O–H groups in total. The molecule has 1 aromatic rings. The molecule has 0 bridgehead atoms. The van der Waals surface area contributed by atoms with Gasteiger partial charge in [0.1, 0.15) is 17.4 Å². The minimum Gasteiger partial charge on any atom is -0.478 e. The first-order valence-corrected chi connectivity index (χ1v) is 14.6. The standard InChI is InChI=1S/C27H40N4O10S/c1-16(32)19(28-2)5-3-4-8-29-22(34)15-41-12-11-40-10-9-30-21(33)14-17-6-7-18-20(13-17)42-25(23(18)26(36)37)31-24(35)27(38)39/h17,19,28H,3-15H2,1-2H3,(H,29,34)(H,30,33)(H,31,35)(H,36,37)(H,38,39)/t17?,19-/m0/s1. The van der Waals surface area contributed by atoms with Crippen LogP contribution in [-0.4, -0.2) is 98.3 Å². The molecule has 42 heavy (non-hydrogen) atoms. The van der Waals surface area contributed by atoms with Crippen LogP contribution in [0, 0.1) is 5.92 Å². The second-order valence-electron chi connectivity index (χ2n) is 9.90. The van der Waals surface area contributed by atoms with Crippen molar-refractivity contribution in [2.45, 2.75) is 57.9 Å². The fourth-order valence-electron chi connectivity index (χ4n) is 4.58. The summed E-state index contributed by atoms with van der Waals surface area (Å²) in [5.41, 5.74) is 0.483. The third-order valence-electron chi connectivity index (χ3n) is 6.73. The second kappa shape index (κ2) is 18.2. The molecule has 15 heteroatoms. The van der Waals surface area contributed by atoms with E-state index in [0.29, 0.717) is 37.9 Å². The molecule has 1 unspecified atom stereocenters. The Morgan fingerprint density at radius 2 is 1.69 bits per heavy atom. The van der Waals surface area contributed by atoms with Crippen LogP contribution in [0.1, 0.15) is 59.8 Å². The highest BCUT2D eigenvalue weighted by Crippen LogP contribution is 2.40. The molecule has 2 atom stereocenters. The molecule has 1 heterocycles. The smallest absolute Gasteiger partial charge is 0.394 e. The summed E-state index contributed by atoms with van der Waals surface area (Å²) < 4.78 is 10.7. The lowest BCUT2D eigenvalue weighted by Crippen LogP contribution is -2.33. The van der Waals surface area contributed by atoms with Crippen molar-refractivity contribution in [2.75, 3.05) is 51.9 Å². The molecule has 2 rings (SSSR count). The van der Waals surface area contributed by atoms with Crippen molar-refractivity contribution in [3.8, 4) is 0 Å². The van der Waals surface area contributed by atoms with E-state index in [-0.39, 0.29) is 73.0 Å². The average Bonchev–Trinajstić information content (AvgIpc) is 3.29. The maximum absolute atomic E-state index is 12.4. The van der Waals surface area contributed by atoms with Gasteiger partial charge in [-0.25, -0.2) is 9.59 Å². The van der Waals surface area contributed by atoms with E-state index in [2.05, 4.69) is 21.3 Å². The van der Waals surface area contributed by atoms with Gasteiger partial charge in [-0.1, -0.05) is 0 Å². The van der Waals surface area contributed by atoms with Crippen LogP contribution in [0.3, 0.4) is 0 Å². The van der Waals surface area contributed by atoms with Crippen LogP contribution in [0.2, 0.25) is 0 Å². The van der Waals surface area contributed by atoms with Crippen LogP contribution in [0.5, 0.6) is 0 Å². The molecule has 0 radical (unpaired) electrons. The maximum atomic E-state index is 12.4. The molecular formula is C27H40N4O10S. The number of anilines is 1. The van der Waals surface area contributed by atoms with E-state index in [0.717, 1.165) is 35.5 Å². The predicted molar refractivity (Wildman–Crippen MR) is 153 cm³/mol. The van der Waals surface area contributed by atoms with Crippen LogP contribution < -0.4 is 21.3 Å². The lowest BCUT2D eigenvalue weighted by atomic mass is 9.85. The Morgan fingerprint density at radius 1 is 0.976 bits per heavy atom. The largest absolute Gasteiger partial charge is 0.478 e. The summed E-state index contributed by atoms with van der Waals surface area (Å²) in [7, 11) is 1.75. The number of fused-ring (bicyclic) bond motifs is 1. The van der Waals surface area contributed by atoms with Crippen molar-refractivity contribution in [2.24, 2.45) is 5.92 Å². The number of Topliss-reactive ketones (excluding diaryl/α,β-unsaturated/α-hetero) is 1. The van der Waals surface area contributed by atoms with E-state index >= 15 is 0 Å². The van der Waals surface area contributed by atoms with Gasteiger partial charge >= 0.3 is 17.8 Å². The number of carbonyl (C=O) groups is 6. The normalized spacial score (nSPS) is 14.9. The molecular weight excluding hydrogens is 572 g/mol. The van der Waals surface area contributed by atoms with Crippen molar-refractivity contribution in [3.63, 3.8) is 0 Å². The number of ether oxygens (including phenoxy) is 2. The average molecular weight is 613 g/mol. The van der Waals surface area contributed by atoms with Crippen LogP contribution in [0.4, 0.5) is 5.00 Å². The third-order valence-corrected chi connectivity index (χ3v) is 7.90. The monoisotopic (exact) mass is 612 g/mol. The summed E-state index contributed by atoms with van der Waals surface area (Å²) in [5, 5.41) is 29.0. The molecule has 0 saturated carbocycles. The van der Waals surface area contributed by atoms with E-state index < -0.39 is 17.8 Å². The number of thiophene rings is 1. The number of rotatable bonds is 19. The van der Waals surface area contributed by atoms with Gasteiger partial charge in [0.15, 0.2) is 0 Å². The number of unbranched alkanes of at least 4 members (excludes halogenated alkanes) is 1. The number of carbonyl (C=O) groups excluding carboxylic acids is 4. The van der Waals surface area contributed by atoms with Gasteiger partial charge in [0.05, 0.1) is 31.4 Å². The number of ketones is 1. The van der Waals surface area contributed by atoms with Crippen LogP contribution in [0.15, 0.2) is 0 Å². The van der Waals surface area contributed by atoms with E-state index in [4.69, 9.17) is 14.6 Å². The quantitative estimate of drug-likeness (QED) is 0.0940. The zero-order chi connectivity index (χ0) is 31.1. The first-order chi connectivity index (χ1) is 20.0. The molecule has 0 aromatic carbocycles. The van der Waals surface area contributed by atoms with Crippen LogP contribution in [0.25, 0.3) is 0 Å². The zero-order valence-corrected chi connectivity index (χ0v) is 24.7. The van der Waals surface area contributed by atoms with Crippen molar-refractivity contribution in [1.82, 2.24) is 16.0 Å². The summed E-state index contributed by atoms with van der Waals surface area (Å²) in [5.74, 6) is -4.57. The van der Waals surface area contributed by atoms with E-state index in [9.17, 15) is 33.9 Å². The number of carboxylic acids is 2. The number of amides is 3. The summed E-state index contributed by atoms with van der Waals surface area (Å²) in [6.07, 6.45) is 4.00. The molecule has 0 spiro atoms. The Hall–Kier alpha value is -3.40. The molecule has 234 valence electrons. The summed E-state index contributed by atoms with van der Waals surface area (Å²) in [4.78, 5) is 70.4. The van der Waals surface area contributed by atoms with Gasteiger partial charge in [-0.15, -0.1) is 11.3 Å². The van der Waals surface area contributed by atoms with Gasteiger partial charge in [-0.3, -0.25) is 19.2 Å². The molecule has 1 aliphatic rings. The van der Waals surface area contributed by atoms with Crippen LogP contribution >= 0.6 is 11.3 Å². The lowest BCUT2D eigenvalue weighted by molar-refractivity contribution is -0.147. The van der Waals surface area contributed by atoms with Gasteiger partial charge < -0.3 is 41.0 Å². The Morgan fingerprint density at radius 3 is 2.36 bits per heavy atom. The first kappa shape index (κ1) is 34.8. The predicted octanol–water partition coefficient (Wildman–Crippen LogP) is 0.577. The molecule has 0 fully saturated rings. The Kier molecular flexibility index (Phi) is 15.1. The number of hydrogen-bond donors (Lipinski definition) is 6. The minimum absolute atomic E-state index is 0.00716. The molecule has 0 aliphatic heterocycles. The molecule has 14 nitrogen and oxygen atoms in total. The van der Waals surface area contributed by atoms with Crippen molar-refractivity contribution < 1.29 is 48.5 Å². The highest BCUT2D eigenvalue weighted by Gasteiger charge is 2.31. The zero-order valence-electron chi connectivity index (χ0n) is 23.9. The topological polar surface area (TPSA) is 209 Å². The van der Waals surface area contributed by atoms with Crippen molar-refractivity contribution in [1.29, 1.82) is 0 Å². The highest BCUT2D eigenvalue weighted by atomic mass is 32.1. The maximum Gasteiger partial charge on any atom is 0.394 e. The summed E-state index contributed by atoms with van der Waals surface area (Å²) in [6, 6.07) is -0.152. The van der Waals surface area contributed by atoms with Gasteiger partial charge in [-0.2, -0.15) is 0 Å². The van der Waals surface area contributed by atoms with E-state index in [1.807, 2.05) is 0 Å². The fourth-order valence-corrected chi connectivity index (χ4v) is 5.93. The third kappa shape index (κ3) is 11.8. The molecule has 0 saturated heterocycles. The Balaban J connectivity index is 1.56. The van der Waals surface area contributed by atoms with Gasteiger partial charge in [0.25, 0.3) is 0 Å². The van der Waals surface area contributed by atoms with E-state index in [1.165, 1.54) is 0 Å². The van der Waals surface area contributed by atoms with Crippen molar-refractivity contribution in [3.05, 3.63) is 16.0 Å². The fraction of sp³-hybridized carbons (Fsp3) is 0.630. The van der Waals surface area contributed by atoms with Crippen molar-refractivity contribution >= 4 is 51.8 Å². The van der Waals surface area contributed by atoms with Crippen LogP contribution in [-0.2, 0) is 46.3 Å². The number of nitrogens with one attached hydrogen (secondary N) is 4. The molecule has 1 aromatic heterocycles. The number of likely N-dealkylation sites (N-methyl/N-ethyl adjacent to an activating group) is 1. The lowest BCUT2D eigenvalue weighted by Gasteiger charge is -2.22. The van der Waals surface area contributed by atoms with Gasteiger partial charge in [0, 0.05) is 24.4 Å². The van der Waals surface area contributed by atoms with Gasteiger partial charge in [0.2, 0.25) is 11.8 Å². The summed E-state index contributed by atoms with van der Waals surface area (Å²) >= 11 is 1.03. The second-order valence-corrected chi connectivity index (χ2v) is 11.0. The number of aromatic carboxylic acids is 1.